The Morgan fingerprint density at radius 1 is 0.857 bits per heavy atom. The minimum Gasteiger partial charge on any atom is -0.457 e. The van der Waals surface area contributed by atoms with Crippen LogP contribution < -0.4 is 0 Å². The molecule has 0 saturated heterocycles. The summed E-state index contributed by atoms with van der Waals surface area (Å²) >= 11 is 0. The van der Waals surface area contributed by atoms with E-state index >= 15 is 0 Å². The van der Waals surface area contributed by atoms with Crippen LogP contribution in [0.3, 0.4) is 0 Å². The number of esters is 2. The average molecular weight is 206 g/mol. The Morgan fingerprint density at radius 2 is 1.21 bits per heavy atom. The van der Waals surface area contributed by atoms with Crippen molar-refractivity contribution in [3.05, 3.63) is 0 Å². The lowest BCUT2D eigenvalue weighted by Crippen LogP contribution is -2.21. The van der Waals surface area contributed by atoms with E-state index in [1.54, 1.807) is 0 Å². The van der Waals surface area contributed by atoms with Crippen LogP contribution in [0, 0.1) is 0 Å². The lowest BCUT2D eigenvalue weighted by Gasteiger charge is -2.03. The summed E-state index contributed by atoms with van der Waals surface area (Å²) in [5, 5.41) is 16.7. The van der Waals surface area contributed by atoms with Crippen LogP contribution in [0.2, 0.25) is 0 Å². The van der Waals surface area contributed by atoms with Crippen LogP contribution in [0.4, 0.5) is 0 Å². The van der Waals surface area contributed by atoms with E-state index in [4.69, 9.17) is 10.2 Å². The fourth-order valence-corrected chi connectivity index (χ4v) is 0.577. The third-order valence-electron chi connectivity index (χ3n) is 1.24. The Labute approximate surface area is 81.4 Å². The number of hydrogen-bond donors (Lipinski definition) is 2. The molecule has 6 nitrogen and oxygen atoms in total. The molecule has 0 aliphatic heterocycles. The quantitative estimate of drug-likeness (QED) is 0.323. The van der Waals surface area contributed by atoms with Crippen LogP contribution in [0.1, 0.15) is 12.8 Å². The van der Waals surface area contributed by atoms with E-state index in [1.165, 1.54) is 0 Å². The van der Waals surface area contributed by atoms with E-state index in [2.05, 4.69) is 9.47 Å². The largest absolute Gasteiger partial charge is 0.457 e. The lowest BCUT2D eigenvalue weighted by atomic mass is 10.5. The zero-order valence-electron chi connectivity index (χ0n) is 7.77. The summed E-state index contributed by atoms with van der Waals surface area (Å²) in [6, 6.07) is 0. The molecule has 0 heterocycles. The first-order chi connectivity index (χ1) is 6.72. The summed E-state index contributed by atoms with van der Waals surface area (Å²) < 4.78 is 8.88. The van der Waals surface area contributed by atoms with Crippen LogP contribution in [-0.4, -0.2) is 48.6 Å². The van der Waals surface area contributed by atoms with E-state index in [0.717, 1.165) is 0 Å². The van der Waals surface area contributed by atoms with E-state index in [-0.39, 0.29) is 39.3 Å². The van der Waals surface area contributed by atoms with Crippen molar-refractivity contribution in [2.75, 3.05) is 26.4 Å². The van der Waals surface area contributed by atoms with Gasteiger partial charge in [-0.15, -0.1) is 0 Å². The van der Waals surface area contributed by atoms with Crippen molar-refractivity contribution in [3.63, 3.8) is 0 Å². The number of carbonyl (C=O) groups excluding carboxylic acids is 2. The van der Waals surface area contributed by atoms with Gasteiger partial charge in [0.1, 0.15) is 0 Å². The Bertz CT molecular complexity index is 159. The van der Waals surface area contributed by atoms with Crippen LogP contribution in [0.15, 0.2) is 0 Å². The highest BCUT2D eigenvalue weighted by Crippen LogP contribution is 1.89. The Kier molecular flexibility index (Phi) is 7.77. The summed E-state index contributed by atoms with van der Waals surface area (Å²) in [6.07, 6.45) is 0.575. The van der Waals surface area contributed by atoms with Crippen molar-refractivity contribution in [1.29, 1.82) is 0 Å². The van der Waals surface area contributed by atoms with E-state index in [0.29, 0.717) is 0 Å². The molecule has 0 bridgehead atoms. The van der Waals surface area contributed by atoms with Gasteiger partial charge in [-0.1, -0.05) is 0 Å². The molecular formula is C8H14O6. The highest BCUT2D eigenvalue weighted by atomic mass is 16.6. The molecule has 82 valence electrons. The van der Waals surface area contributed by atoms with Gasteiger partial charge in [-0.2, -0.15) is 0 Å². The van der Waals surface area contributed by atoms with E-state index in [1.807, 2.05) is 0 Å². The average Bonchev–Trinajstić information content (AvgIpc) is 2.18. The summed E-state index contributed by atoms with van der Waals surface area (Å²) in [5.41, 5.74) is 0. The smallest absolute Gasteiger partial charge is 0.417 e. The summed E-state index contributed by atoms with van der Waals surface area (Å²) in [4.78, 5) is 21.5. The van der Waals surface area contributed by atoms with Crippen LogP contribution in [0.25, 0.3) is 0 Å². The number of aliphatic hydroxyl groups is 2. The predicted molar refractivity (Wildman–Crippen MR) is 45.3 cm³/mol. The molecule has 0 unspecified atom stereocenters. The molecule has 0 spiro atoms. The highest BCUT2D eigenvalue weighted by molar-refractivity contribution is 6.29. The minimum absolute atomic E-state index is 0.00949. The zero-order valence-corrected chi connectivity index (χ0v) is 7.77. The first kappa shape index (κ1) is 12.9. The van der Waals surface area contributed by atoms with Crippen molar-refractivity contribution in [2.24, 2.45) is 0 Å². The monoisotopic (exact) mass is 206 g/mol. The second-order valence-corrected chi connectivity index (χ2v) is 2.43. The second kappa shape index (κ2) is 8.46. The number of hydrogen-bond acceptors (Lipinski definition) is 6. The van der Waals surface area contributed by atoms with Gasteiger partial charge in [0, 0.05) is 26.1 Å². The van der Waals surface area contributed by atoms with Crippen LogP contribution >= 0.6 is 0 Å². The van der Waals surface area contributed by atoms with Crippen LogP contribution in [0.5, 0.6) is 0 Å². The molecule has 14 heavy (non-hydrogen) atoms. The molecule has 0 fully saturated rings. The molecule has 0 atom stereocenters. The third-order valence-corrected chi connectivity index (χ3v) is 1.24. The second-order valence-electron chi connectivity index (χ2n) is 2.43. The molecule has 0 aromatic carbocycles. The molecule has 0 aromatic heterocycles. The van der Waals surface area contributed by atoms with Gasteiger partial charge < -0.3 is 19.7 Å². The molecule has 0 amide bonds. The topological polar surface area (TPSA) is 93.1 Å². The standard InChI is InChI=1S/C8H14O6/c9-3-1-5-13-7(11)8(12)14-6-2-4-10/h9-10H,1-6H2. The lowest BCUT2D eigenvalue weighted by molar-refractivity contribution is -0.168. The van der Waals surface area contributed by atoms with Gasteiger partial charge in [0.25, 0.3) is 0 Å². The van der Waals surface area contributed by atoms with Gasteiger partial charge in [-0.3, -0.25) is 0 Å². The van der Waals surface area contributed by atoms with Crippen molar-refractivity contribution in [3.8, 4) is 0 Å². The molecule has 0 aliphatic rings. The highest BCUT2D eigenvalue weighted by Gasteiger charge is 2.16. The summed E-state index contributed by atoms with van der Waals surface area (Å²) in [6.45, 7) is -0.228. The number of rotatable bonds is 6. The SMILES string of the molecule is O=C(OCCCO)C(=O)OCCCO. The Morgan fingerprint density at radius 3 is 1.50 bits per heavy atom. The number of ether oxygens (including phenoxy) is 2. The normalized spacial score (nSPS) is 9.57. The fourth-order valence-electron chi connectivity index (χ4n) is 0.577. The van der Waals surface area contributed by atoms with Gasteiger partial charge in [0.15, 0.2) is 0 Å². The molecule has 0 rings (SSSR count). The molecule has 0 aliphatic carbocycles. The minimum atomic E-state index is -1.07. The van der Waals surface area contributed by atoms with Gasteiger partial charge in [-0.05, 0) is 0 Å². The fraction of sp³-hybridized carbons (Fsp3) is 0.750. The summed E-state index contributed by atoms with van der Waals surface area (Å²) in [7, 11) is 0. The Balaban J connectivity index is 3.50. The van der Waals surface area contributed by atoms with Gasteiger partial charge in [0.2, 0.25) is 0 Å². The number of carbonyl (C=O) groups is 2. The van der Waals surface area contributed by atoms with E-state index < -0.39 is 11.9 Å². The maximum Gasteiger partial charge on any atom is 0.417 e. The molecule has 0 radical (unpaired) electrons. The first-order valence-corrected chi connectivity index (χ1v) is 4.28. The molecule has 0 aromatic rings. The molecule has 0 saturated carbocycles. The van der Waals surface area contributed by atoms with Gasteiger partial charge >= 0.3 is 11.9 Å². The molecular weight excluding hydrogens is 192 g/mol. The molecule has 6 heteroatoms. The van der Waals surface area contributed by atoms with Gasteiger partial charge in [0.05, 0.1) is 13.2 Å². The Hall–Kier alpha value is -1.14. The third kappa shape index (κ3) is 6.38. The first-order valence-electron chi connectivity index (χ1n) is 4.28. The van der Waals surface area contributed by atoms with Crippen molar-refractivity contribution < 1.29 is 29.3 Å². The van der Waals surface area contributed by atoms with Crippen molar-refractivity contribution >= 4 is 11.9 Å². The van der Waals surface area contributed by atoms with Gasteiger partial charge in [-0.25, -0.2) is 9.59 Å². The van der Waals surface area contributed by atoms with Crippen LogP contribution in [-0.2, 0) is 19.1 Å². The van der Waals surface area contributed by atoms with Crippen molar-refractivity contribution in [2.45, 2.75) is 12.8 Å². The number of aliphatic hydroxyl groups excluding tert-OH is 2. The zero-order chi connectivity index (χ0) is 10.8. The molecule has 2 N–H and O–H groups in total. The summed E-state index contributed by atoms with van der Waals surface area (Å²) in [5.74, 6) is -2.15. The van der Waals surface area contributed by atoms with Crippen molar-refractivity contribution in [1.82, 2.24) is 0 Å². The maximum atomic E-state index is 10.8. The van der Waals surface area contributed by atoms with E-state index in [9.17, 15) is 9.59 Å². The maximum absolute atomic E-state index is 10.8. The predicted octanol–water partition coefficient (Wildman–Crippen LogP) is -1.16.